The summed E-state index contributed by atoms with van der Waals surface area (Å²) < 4.78 is 29.4. The second kappa shape index (κ2) is 5.50. The van der Waals surface area contributed by atoms with Crippen molar-refractivity contribution in [2.75, 3.05) is 13.2 Å². The van der Waals surface area contributed by atoms with E-state index in [1.54, 1.807) is 6.07 Å². The number of aliphatic hydroxyl groups excluding tert-OH is 1. The second-order valence-electron chi connectivity index (χ2n) is 6.66. The molecule has 0 aromatic heterocycles. The summed E-state index contributed by atoms with van der Waals surface area (Å²) >= 11 is 0. The number of aliphatic hydroxyl groups is 1. The number of ether oxygens (including phenoxy) is 1. The van der Waals surface area contributed by atoms with E-state index in [1.807, 2.05) is 39.0 Å². The van der Waals surface area contributed by atoms with Crippen molar-refractivity contribution in [2.45, 2.75) is 26.9 Å². The molecule has 1 fully saturated rings. The standard InChI is InChI=1S/C16H21O5P/c1-11-14(8-22(18)19-9-16(2,3)10-20-22)21-13-7-5-4-6-12(13)15(11)17/h4-8,11,15,17H,9-10H2,1-3H3/b14-8+. The van der Waals surface area contributed by atoms with Crippen LogP contribution in [0.3, 0.4) is 0 Å². The Morgan fingerprint density at radius 2 is 1.91 bits per heavy atom. The van der Waals surface area contributed by atoms with Crippen LogP contribution in [0.2, 0.25) is 0 Å². The number of benzene rings is 1. The fourth-order valence-electron chi connectivity index (χ4n) is 2.45. The predicted octanol–water partition coefficient (Wildman–Crippen LogP) is 3.86. The zero-order chi connectivity index (χ0) is 16.0. The summed E-state index contributed by atoms with van der Waals surface area (Å²) in [4.78, 5) is 0. The van der Waals surface area contributed by atoms with Crippen molar-refractivity contribution in [3.63, 3.8) is 0 Å². The smallest absolute Gasteiger partial charge is 0.357 e. The van der Waals surface area contributed by atoms with Crippen LogP contribution in [0, 0.1) is 11.3 Å². The molecule has 1 aromatic carbocycles. The fraction of sp³-hybridized carbons (Fsp3) is 0.500. The molecule has 2 unspecified atom stereocenters. The van der Waals surface area contributed by atoms with Gasteiger partial charge in [-0.1, -0.05) is 39.0 Å². The van der Waals surface area contributed by atoms with E-state index in [2.05, 4.69) is 0 Å². The molecule has 0 radical (unpaired) electrons. The first kappa shape index (κ1) is 15.8. The van der Waals surface area contributed by atoms with Crippen molar-refractivity contribution in [3.8, 4) is 5.75 Å². The average Bonchev–Trinajstić information content (AvgIpc) is 2.48. The molecule has 1 aromatic rings. The summed E-state index contributed by atoms with van der Waals surface area (Å²) in [6, 6.07) is 7.28. The number of fused-ring (bicyclic) bond motifs is 1. The Morgan fingerprint density at radius 3 is 2.59 bits per heavy atom. The van der Waals surface area contributed by atoms with Gasteiger partial charge in [-0.3, -0.25) is 4.57 Å². The van der Waals surface area contributed by atoms with E-state index in [9.17, 15) is 9.67 Å². The van der Waals surface area contributed by atoms with Gasteiger partial charge in [0.1, 0.15) is 11.5 Å². The quantitative estimate of drug-likeness (QED) is 0.795. The molecule has 2 heterocycles. The summed E-state index contributed by atoms with van der Waals surface area (Å²) in [5.74, 6) is 2.09. The molecule has 5 nitrogen and oxygen atoms in total. The van der Waals surface area contributed by atoms with Gasteiger partial charge in [-0.2, -0.15) is 0 Å². The highest BCUT2D eigenvalue weighted by atomic mass is 31.2. The van der Waals surface area contributed by atoms with Crippen LogP contribution in [0.4, 0.5) is 0 Å². The summed E-state index contributed by atoms with van der Waals surface area (Å²) in [7, 11) is -3.34. The molecule has 2 atom stereocenters. The Morgan fingerprint density at radius 1 is 1.27 bits per heavy atom. The van der Waals surface area contributed by atoms with Gasteiger partial charge in [-0.05, 0) is 6.07 Å². The SMILES string of the molecule is CC1/C(=C\P2(=O)OCC(C)(C)CO2)Oc2ccccc2C1O. The molecule has 6 heteroatoms. The lowest BCUT2D eigenvalue weighted by Crippen LogP contribution is -2.29. The third-order valence-corrected chi connectivity index (χ3v) is 5.49. The maximum atomic E-state index is 12.7. The first-order chi connectivity index (χ1) is 10.3. The minimum Gasteiger partial charge on any atom is -0.461 e. The monoisotopic (exact) mass is 324 g/mol. The zero-order valence-corrected chi connectivity index (χ0v) is 13.9. The van der Waals surface area contributed by atoms with E-state index in [4.69, 9.17) is 13.8 Å². The van der Waals surface area contributed by atoms with Gasteiger partial charge in [0.05, 0.1) is 25.1 Å². The Hall–Kier alpha value is -1.13. The maximum absolute atomic E-state index is 12.7. The molecule has 22 heavy (non-hydrogen) atoms. The summed E-state index contributed by atoms with van der Waals surface area (Å²) in [5.41, 5.74) is 0.578. The molecule has 120 valence electrons. The molecule has 0 bridgehead atoms. The third kappa shape index (κ3) is 2.99. The molecule has 3 rings (SSSR count). The molecule has 2 aliphatic rings. The molecular weight excluding hydrogens is 303 g/mol. The van der Waals surface area contributed by atoms with Gasteiger partial charge in [-0.25, -0.2) is 0 Å². The van der Waals surface area contributed by atoms with E-state index >= 15 is 0 Å². The van der Waals surface area contributed by atoms with Gasteiger partial charge >= 0.3 is 7.60 Å². The average molecular weight is 324 g/mol. The number of rotatable bonds is 1. The summed E-state index contributed by atoms with van der Waals surface area (Å²) in [6.45, 7) is 6.53. The Labute approximate surface area is 130 Å². The number of hydrogen-bond acceptors (Lipinski definition) is 5. The summed E-state index contributed by atoms with van der Waals surface area (Å²) in [6.07, 6.45) is -0.705. The largest absolute Gasteiger partial charge is 0.461 e. The Bertz CT molecular complexity index is 638. The molecular formula is C16H21O5P. The van der Waals surface area contributed by atoms with Crippen molar-refractivity contribution in [3.05, 3.63) is 41.4 Å². The molecule has 0 amide bonds. The Balaban J connectivity index is 1.88. The normalized spacial score (nSPS) is 31.4. The topological polar surface area (TPSA) is 65.0 Å². The first-order valence-electron chi connectivity index (χ1n) is 7.36. The van der Waals surface area contributed by atoms with Gasteiger partial charge in [0.2, 0.25) is 0 Å². The van der Waals surface area contributed by atoms with Crippen LogP contribution < -0.4 is 4.74 Å². The van der Waals surface area contributed by atoms with Crippen molar-refractivity contribution in [1.29, 1.82) is 0 Å². The van der Waals surface area contributed by atoms with Crippen LogP contribution in [0.25, 0.3) is 0 Å². The van der Waals surface area contributed by atoms with E-state index < -0.39 is 13.7 Å². The number of hydrogen-bond donors (Lipinski definition) is 1. The van der Waals surface area contributed by atoms with Gasteiger partial charge in [0.15, 0.2) is 0 Å². The van der Waals surface area contributed by atoms with Crippen LogP contribution in [0.15, 0.2) is 35.8 Å². The maximum Gasteiger partial charge on any atom is 0.357 e. The highest BCUT2D eigenvalue weighted by Crippen LogP contribution is 2.57. The van der Waals surface area contributed by atoms with E-state index in [0.717, 1.165) is 5.56 Å². The lowest BCUT2D eigenvalue weighted by molar-refractivity contribution is 0.0447. The summed E-state index contributed by atoms with van der Waals surface area (Å²) in [5, 5.41) is 10.4. The highest BCUT2D eigenvalue weighted by molar-refractivity contribution is 7.57. The lowest BCUT2D eigenvalue weighted by Gasteiger charge is -2.34. The van der Waals surface area contributed by atoms with Gasteiger partial charge < -0.3 is 18.9 Å². The van der Waals surface area contributed by atoms with Crippen LogP contribution >= 0.6 is 7.60 Å². The van der Waals surface area contributed by atoms with Crippen molar-refractivity contribution in [1.82, 2.24) is 0 Å². The molecule has 2 aliphatic heterocycles. The molecule has 0 spiro atoms. The zero-order valence-electron chi connectivity index (χ0n) is 13.0. The second-order valence-corrected chi connectivity index (χ2v) is 8.51. The van der Waals surface area contributed by atoms with Crippen LogP contribution in [0.5, 0.6) is 5.75 Å². The third-order valence-electron chi connectivity index (χ3n) is 3.94. The van der Waals surface area contributed by atoms with Gasteiger partial charge in [0, 0.05) is 16.9 Å². The molecule has 0 saturated carbocycles. The highest BCUT2D eigenvalue weighted by Gasteiger charge is 2.38. The van der Waals surface area contributed by atoms with E-state index in [1.165, 1.54) is 5.82 Å². The lowest BCUT2D eigenvalue weighted by atomic mass is 9.93. The molecule has 0 aliphatic carbocycles. The minimum absolute atomic E-state index is 0.155. The van der Waals surface area contributed by atoms with Crippen LogP contribution in [0.1, 0.15) is 32.4 Å². The predicted molar refractivity (Wildman–Crippen MR) is 82.6 cm³/mol. The first-order valence-corrected chi connectivity index (χ1v) is 8.97. The van der Waals surface area contributed by atoms with Gasteiger partial charge in [-0.15, -0.1) is 0 Å². The van der Waals surface area contributed by atoms with Crippen molar-refractivity contribution < 1.29 is 23.5 Å². The number of para-hydroxylation sites is 1. The van der Waals surface area contributed by atoms with Crippen molar-refractivity contribution in [2.24, 2.45) is 11.3 Å². The van der Waals surface area contributed by atoms with E-state index in [0.29, 0.717) is 24.7 Å². The minimum atomic E-state index is -3.34. The Kier molecular flexibility index (Phi) is 3.94. The van der Waals surface area contributed by atoms with Crippen molar-refractivity contribution >= 4 is 7.60 Å². The fourth-order valence-corrected chi connectivity index (χ4v) is 4.33. The molecule has 1 N–H and O–H groups in total. The van der Waals surface area contributed by atoms with Crippen LogP contribution in [-0.2, 0) is 13.6 Å². The van der Waals surface area contributed by atoms with E-state index in [-0.39, 0.29) is 11.3 Å². The van der Waals surface area contributed by atoms with Gasteiger partial charge in [0.25, 0.3) is 0 Å². The molecule has 1 saturated heterocycles. The van der Waals surface area contributed by atoms with Crippen LogP contribution in [-0.4, -0.2) is 18.3 Å².